The number of halogens is 1. The first kappa shape index (κ1) is 20.6. The van der Waals surface area contributed by atoms with Crippen molar-refractivity contribution in [3.8, 4) is 22.9 Å². The van der Waals surface area contributed by atoms with Gasteiger partial charge >= 0.3 is 0 Å². The number of ether oxygens (including phenoxy) is 3. The van der Waals surface area contributed by atoms with Gasteiger partial charge in [0.25, 0.3) is 5.56 Å². The number of pyridine rings is 1. The lowest BCUT2D eigenvalue weighted by molar-refractivity contribution is 0.167. The van der Waals surface area contributed by atoms with Crippen molar-refractivity contribution < 1.29 is 14.2 Å². The van der Waals surface area contributed by atoms with E-state index < -0.39 is 0 Å². The Morgan fingerprint density at radius 1 is 1.09 bits per heavy atom. The largest absolute Gasteiger partial charge is 0.490 e. The third kappa shape index (κ3) is 3.98. The summed E-state index contributed by atoms with van der Waals surface area (Å²) in [6.45, 7) is 5.38. The lowest BCUT2D eigenvalue weighted by atomic mass is 10.1. The highest BCUT2D eigenvalue weighted by molar-refractivity contribution is 6.33. The Balaban J connectivity index is 1.26. The number of anilines is 1. The van der Waals surface area contributed by atoms with E-state index in [-0.39, 0.29) is 18.5 Å². The topological polar surface area (TPSA) is 78.7 Å². The first-order valence-electron chi connectivity index (χ1n) is 10.5. The van der Waals surface area contributed by atoms with E-state index in [0.717, 1.165) is 37.4 Å². The van der Waals surface area contributed by atoms with Gasteiger partial charge in [-0.25, -0.2) is 9.97 Å². The summed E-state index contributed by atoms with van der Waals surface area (Å²) in [4.78, 5) is 23.5. The highest BCUT2D eigenvalue weighted by Crippen LogP contribution is 2.36. The Morgan fingerprint density at radius 3 is 2.62 bits per heavy atom. The van der Waals surface area contributed by atoms with Gasteiger partial charge in [-0.3, -0.25) is 9.36 Å². The highest BCUT2D eigenvalue weighted by atomic mass is 35.5. The molecule has 0 bridgehead atoms. The Morgan fingerprint density at radius 2 is 1.88 bits per heavy atom. The second-order valence-electron chi connectivity index (χ2n) is 7.94. The van der Waals surface area contributed by atoms with Gasteiger partial charge in [0.05, 0.1) is 16.9 Å². The standard InChI is InChI=1S/C23H23ClN4O4/c1-14-9-22(29)28(15(2)26-14)16-10-19(24)23(25-12-16)27-7-5-17(6-8-27)32-18-3-4-20-21(11-18)31-13-30-20/h3-4,9-12,17H,5-8,13H2,1-2H3. The smallest absolute Gasteiger partial charge is 0.258 e. The molecule has 4 heterocycles. The van der Waals surface area contributed by atoms with Crippen LogP contribution in [0, 0.1) is 13.8 Å². The normalized spacial score (nSPS) is 15.8. The SMILES string of the molecule is Cc1cc(=O)n(-c2cnc(N3CCC(Oc4ccc5c(c4)OCO5)CC3)c(Cl)c2)c(C)n1. The number of fused-ring (bicyclic) bond motifs is 1. The van der Waals surface area contributed by atoms with Crippen molar-refractivity contribution in [1.82, 2.24) is 14.5 Å². The van der Waals surface area contributed by atoms with Crippen LogP contribution in [0.5, 0.6) is 17.2 Å². The van der Waals surface area contributed by atoms with E-state index in [2.05, 4.69) is 14.9 Å². The molecule has 0 atom stereocenters. The first-order valence-corrected chi connectivity index (χ1v) is 10.9. The van der Waals surface area contributed by atoms with E-state index in [1.807, 2.05) is 18.2 Å². The predicted octanol–water partition coefficient (Wildman–Crippen LogP) is 3.67. The Bertz CT molecular complexity index is 1220. The van der Waals surface area contributed by atoms with Crippen molar-refractivity contribution in [3.05, 3.63) is 63.4 Å². The highest BCUT2D eigenvalue weighted by Gasteiger charge is 2.24. The van der Waals surface area contributed by atoms with Crippen molar-refractivity contribution in [2.24, 2.45) is 0 Å². The molecule has 166 valence electrons. The van der Waals surface area contributed by atoms with Gasteiger partial charge in [0, 0.05) is 43.8 Å². The molecule has 0 N–H and O–H groups in total. The van der Waals surface area contributed by atoms with Crippen molar-refractivity contribution in [1.29, 1.82) is 0 Å². The van der Waals surface area contributed by atoms with Gasteiger partial charge < -0.3 is 19.1 Å². The van der Waals surface area contributed by atoms with Gasteiger partial charge in [0.15, 0.2) is 11.5 Å². The number of benzene rings is 1. The second kappa shape index (κ2) is 8.35. The summed E-state index contributed by atoms with van der Waals surface area (Å²) in [6.07, 6.45) is 3.45. The minimum atomic E-state index is -0.151. The summed E-state index contributed by atoms with van der Waals surface area (Å²) >= 11 is 6.57. The molecule has 5 rings (SSSR count). The van der Waals surface area contributed by atoms with Gasteiger partial charge in [-0.1, -0.05) is 11.6 Å². The number of hydrogen-bond acceptors (Lipinski definition) is 7. The molecule has 1 aromatic carbocycles. The van der Waals surface area contributed by atoms with Crippen LogP contribution in [0.2, 0.25) is 5.02 Å². The quantitative estimate of drug-likeness (QED) is 0.595. The Labute approximate surface area is 190 Å². The molecule has 2 aliphatic heterocycles. The van der Waals surface area contributed by atoms with Crippen LogP contribution in [0.25, 0.3) is 5.69 Å². The molecule has 0 amide bonds. The Kier molecular flexibility index (Phi) is 5.38. The summed E-state index contributed by atoms with van der Waals surface area (Å²) in [7, 11) is 0. The van der Waals surface area contributed by atoms with Crippen LogP contribution < -0.4 is 24.7 Å². The van der Waals surface area contributed by atoms with Crippen LogP contribution in [-0.2, 0) is 0 Å². The molecule has 1 fully saturated rings. The predicted molar refractivity (Wildman–Crippen MR) is 121 cm³/mol. The van der Waals surface area contributed by atoms with Crippen LogP contribution in [-0.4, -0.2) is 40.5 Å². The number of piperidine rings is 1. The number of hydrogen-bond donors (Lipinski definition) is 0. The van der Waals surface area contributed by atoms with E-state index in [0.29, 0.717) is 33.8 Å². The summed E-state index contributed by atoms with van der Waals surface area (Å²) in [5.41, 5.74) is 1.14. The molecule has 0 unspecified atom stereocenters. The zero-order chi connectivity index (χ0) is 22.2. The molecular formula is C23H23ClN4O4. The Hall–Kier alpha value is -3.26. The average Bonchev–Trinajstić information content (AvgIpc) is 3.22. The van der Waals surface area contributed by atoms with Gasteiger partial charge in [0.2, 0.25) is 6.79 Å². The van der Waals surface area contributed by atoms with Crippen LogP contribution in [0.4, 0.5) is 5.82 Å². The van der Waals surface area contributed by atoms with E-state index in [9.17, 15) is 4.79 Å². The summed E-state index contributed by atoms with van der Waals surface area (Å²) in [5.74, 6) is 3.55. The summed E-state index contributed by atoms with van der Waals surface area (Å²) < 4.78 is 18.4. The molecule has 3 aromatic rings. The monoisotopic (exact) mass is 454 g/mol. The fourth-order valence-corrected chi connectivity index (χ4v) is 4.44. The maximum atomic E-state index is 12.4. The molecule has 32 heavy (non-hydrogen) atoms. The molecule has 0 aliphatic carbocycles. The number of rotatable bonds is 4. The molecule has 2 aliphatic rings. The van der Waals surface area contributed by atoms with E-state index in [1.54, 1.807) is 26.1 Å². The van der Waals surface area contributed by atoms with Crippen molar-refractivity contribution >= 4 is 17.4 Å². The van der Waals surface area contributed by atoms with Gasteiger partial charge in [0.1, 0.15) is 23.5 Å². The average molecular weight is 455 g/mol. The zero-order valence-corrected chi connectivity index (χ0v) is 18.6. The van der Waals surface area contributed by atoms with Gasteiger partial charge in [-0.05, 0) is 32.0 Å². The molecule has 1 saturated heterocycles. The van der Waals surface area contributed by atoms with Crippen molar-refractivity contribution in [2.45, 2.75) is 32.8 Å². The summed E-state index contributed by atoms with van der Waals surface area (Å²) in [6, 6.07) is 8.91. The van der Waals surface area contributed by atoms with Crippen LogP contribution in [0.3, 0.4) is 0 Å². The fourth-order valence-electron chi connectivity index (χ4n) is 4.16. The second-order valence-corrected chi connectivity index (χ2v) is 8.34. The van der Waals surface area contributed by atoms with E-state index >= 15 is 0 Å². The van der Waals surface area contributed by atoms with Crippen LogP contribution in [0.15, 0.2) is 41.3 Å². The number of aryl methyl sites for hydroxylation is 2. The fraction of sp³-hybridized carbons (Fsp3) is 0.348. The molecule has 9 heteroatoms. The molecule has 0 radical (unpaired) electrons. The maximum absolute atomic E-state index is 12.4. The van der Waals surface area contributed by atoms with E-state index in [4.69, 9.17) is 25.8 Å². The zero-order valence-electron chi connectivity index (χ0n) is 17.9. The molecule has 8 nitrogen and oxygen atoms in total. The maximum Gasteiger partial charge on any atom is 0.258 e. The lowest BCUT2D eigenvalue weighted by Gasteiger charge is -2.33. The minimum absolute atomic E-state index is 0.101. The molecule has 2 aromatic heterocycles. The van der Waals surface area contributed by atoms with Crippen LogP contribution >= 0.6 is 11.6 Å². The van der Waals surface area contributed by atoms with Crippen molar-refractivity contribution in [2.75, 3.05) is 24.8 Å². The lowest BCUT2D eigenvalue weighted by Crippen LogP contribution is -2.38. The molecular weight excluding hydrogens is 432 g/mol. The third-order valence-electron chi connectivity index (χ3n) is 5.67. The summed E-state index contributed by atoms with van der Waals surface area (Å²) in [5, 5.41) is 0.504. The molecule has 0 spiro atoms. The first-order chi connectivity index (χ1) is 15.5. The minimum Gasteiger partial charge on any atom is -0.490 e. The van der Waals surface area contributed by atoms with Gasteiger partial charge in [-0.2, -0.15) is 0 Å². The van der Waals surface area contributed by atoms with Crippen molar-refractivity contribution in [3.63, 3.8) is 0 Å². The number of aromatic nitrogens is 3. The van der Waals surface area contributed by atoms with Crippen LogP contribution in [0.1, 0.15) is 24.4 Å². The van der Waals surface area contributed by atoms with E-state index in [1.165, 1.54) is 10.6 Å². The van der Waals surface area contributed by atoms with Gasteiger partial charge in [-0.15, -0.1) is 0 Å². The molecule has 0 saturated carbocycles. The third-order valence-corrected chi connectivity index (χ3v) is 5.95. The number of nitrogens with zero attached hydrogens (tertiary/aromatic N) is 4.